The van der Waals surface area contributed by atoms with Crippen molar-refractivity contribution in [3.8, 4) is 6.07 Å². The molecule has 0 saturated carbocycles. The van der Waals surface area contributed by atoms with Crippen molar-refractivity contribution in [2.45, 2.75) is 12.7 Å². The Morgan fingerprint density at radius 3 is 2.52 bits per heavy atom. The lowest BCUT2D eigenvalue weighted by molar-refractivity contribution is -0.137. The number of nitriles is 1. The number of hydrogen-bond acceptors (Lipinski definition) is 3. The SMILES string of the molecule is CN(Cc1ccc(Cl)s1)c1ccc(C(F)(F)F)c(C#N)c1. The van der Waals surface area contributed by atoms with Crippen molar-refractivity contribution in [3.05, 3.63) is 50.7 Å². The van der Waals surface area contributed by atoms with Crippen LogP contribution in [0, 0.1) is 11.3 Å². The minimum absolute atomic E-state index is 0.379. The normalized spacial score (nSPS) is 11.2. The molecule has 2 aromatic rings. The zero-order chi connectivity index (χ0) is 15.6. The predicted molar refractivity (Wildman–Crippen MR) is 77.6 cm³/mol. The summed E-state index contributed by atoms with van der Waals surface area (Å²) >= 11 is 7.25. The fourth-order valence-corrected chi connectivity index (χ4v) is 3.01. The van der Waals surface area contributed by atoms with Gasteiger partial charge < -0.3 is 4.90 Å². The number of anilines is 1. The van der Waals surface area contributed by atoms with Crippen molar-refractivity contribution < 1.29 is 13.2 Å². The first-order valence-corrected chi connectivity index (χ1v) is 7.07. The van der Waals surface area contributed by atoms with Crippen LogP contribution in [0.25, 0.3) is 0 Å². The van der Waals surface area contributed by atoms with Crippen molar-refractivity contribution in [2.75, 3.05) is 11.9 Å². The number of nitrogens with zero attached hydrogens (tertiary/aromatic N) is 2. The summed E-state index contributed by atoms with van der Waals surface area (Å²) in [4.78, 5) is 2.75. The molecule has 21 heavy (non-hydrogen) atoms. The molecule has 2 nitrogen and oxygen atoms in total. The second-order valence-electron chi connectivity index (χ2n) is 4.40. The van der Waals surface area contributed by atoms with Crippen LogP contribution in [0.1, 0.15) is 16.0 Å². The smallest absolute Gasteiger partial charge is 0.369 e. The van der Waals surface area contributed by atoms with Gasteiger partial charge in [0.1, 0.15) is 0 Å². The molecular formula is C14H10ClF3N2S. The molecule has 0 spiro atoms. The van der Waals surface area contributed by atoms with Crippen LogP contribution in [0.4, 0.5) is 18.9 Å². The van der Waals surface area contributed by atoms with E-state index in [2.05, 4.69) is 0 Å². The standard InChI is InChI=1S/C14H10ClF3N2S/c1-20(8-11-3-5-13(15)21-11)10-2-4-12(14(16,17)18)9(6-10)7-19/h2-6H,8H2,1H3. The number of alkyl halides is 3. The second-order valence-corrected chi connectivity index (χ2v) is 6.20. The quantitative estimate of drug-likeness (QED) is 0.798. The Labute approximate surface area is 129 Å². The van der Waals surface area contributed by atoms with Crippen LogP contribution >= 0.6 is 22.9 Å². The molecule has 0 aliphatic carbocycles. The van der Waals surface area contributed by atoms with Gasteiger partial charge in [0.2, 0.25) is 0 Å². The highest BCUT2D eigenvalue weighted by molar-refractivity contribution is 7.16. The van der Waals surface area contributed by atoms with Crippen molar-refractivity contribution in [1.82, 2.24) is 0 Å². The monoisotopic (exact) mass is 330 g/mol. The Balaban J connectivity index is 2.26. The van der Waals surface area contributed by atoms with Gasteiger partial charge in [-0.3, -0.25) is 0 Å². The highest BCUT2D eigenvalue weighted by Crippen LogP contribution is 2.34. The van der Waals surface area contributed by atoms with Crippen molar-refractivity contribution in [2.24, 2.45) is 0 Å². The minimum atomic E-state index is -4.52. The van der Waals surface area contributed by atoms with Gasteiger partial charge in [0.15, 0.2) is 0 Å². The molecule has 0 aliphatic rings. The van der Waals surface area contributed by atoms with Crippen molar-refractivity contribution in [3.63, 3.8) is 0 Å². The van der Waals surface area contributed by atoms with Gasteiger partial charge in [-0.2, -0.15) is 18.4 Å². The van der Waals surface area contributed by atoms with E-state index in [0.29, 0.717) is 16.6 Å². The molecule has 1 aromatic heterocycles. The molecule has 110 valence electrons. The molecule has 0 amide bonds. The number of benzene rings is 1. The topological polar surface area (TPSA) is 27.0 Å². The summed E-state index contributed by atoms with van der Waals surface area (Å²) in [6.07, 6.45) is -4.52. The lowest BCUT2D eigenvalue weighted by atomic mass is 10.1. The Morgan fingerprint density at radius 2 is 2.00 bits per heavy atom. The van der Waals surface area contributed by atoms with Gasteiger partial charge in [-0.1, -0.05) is 11.6 Å². The van der Waals surface area contributed by atoms with E-state index in [-0.39, 0.29) is 5.56 Å². The number of rotatable bonds is 3. The maximum absolute atomic E-state index is 12.7. The molecule has 1 aromatic carbocycles. The minimum Gasteiger partial charge on any atom is -0.369 e. The van der Waals surface area contributed by atoms with E-state index in [9.17, 15) is 13.2 Å². The molecule has 0 bridgehead atoms. The summed E-state index contributed by atoms with van der Waals surface area (Å²) in [5.41, 5.74) is -0.749. The summed E-state index contributed by atoms with van der Waals surface area (Å²) in [5.74, 6) is 0. The third kappa shape index (κ3) is 3.69. The number of halogens is 4. The van der Waals surface area contributed by atoms with E-state index in [1.807, 2.05) is 6.07 Å². The molecule has 7 heteroatoms. The Kier molecular flexibility index (Phi) is 4.45. The molecule has 0 N–H and O–H groups in total. The number of thiophene rings is 1. The number of hydrogen-bond donors (Lipinski definition) is 0. The summed E-state index contributed by atoms with van der Waals surface area (Å²) < 4.78 is 38.9. The third-order valence-corrected chi connectivity index (χ3v) is 4.11. The third-order valence-electron chi connectivity index (χ3n) is 2.89. The van der Waals surface area contributed by atoms with Gasteiger partial charge in [-0.25, -0.2) is 0 Å². The van der Waals surface area contributed by atoms with Gasteiger partial charge >= 0.3 is 6.18 Å². The first-order chi connectivity index (χ1) is 9.81. The fraction of sp³-hybridized carbons (Fsp3) is 0.214. The van der Waals surface area contributed by atoms with Crippen LogP contribution in [0.2, 0.25) is 4.34 Å². The largest absolute Gasteiger partial charge is 0.417 e. The van der Waals surface area contributed by atoms with Gasteiger partial charge in [0.05, 0.1) is 28.1 Å². The second kappa shape index (κ2) is 5.96. The maximum Gasteiger partial charge on any atom is 0.417 e. The Hall–Kier alpha value is -1.71. The molecule has 1 heterocycles. The van der Waals surface area contributed by atoms with E-state index in [1.165, 1.54) is 23.5 Å². The molecule has 0 atom stereocenters. The zero-order valence-corrected chi connectivity index (χ0v) is 12.5. The molecular weight excluding hydrogens is 321 g/mol. The van der Waals surface area contributed by atoms with Gasteiger partial charge in [-0.05, 0) is 30.3 Å². The molecule has 2 rings (SSSR count). The van der Waals surface area contributed by atoms with E-state index in [4.69, 9.17) is 16.9 Å². The summed E-state index contributed by atoms with van der Waals surface area (Å²) in [7, 11) is 1.75. The molecule has 0 aliphatic heterocycles. The lowest BCUT2D eigenvalue weighted by Crippen LogP contribution is -2.16. The predicted octanol–water partition coefficient (Wildman–Crippen LogP) is 4.93. The van der Waals surface area contributed by atoms with Crippen molar-refractivity contribution >= 4 is 28.6 Å². The first-order valence-electron chi connectivity index (χ1n) is 5.88. The van der Waals surface area contributed by atoms with Gasteiger partial charge in [0, 0.05) is 17.6 Å². The van der Waals surface area contributed by atoms with Crippen LogP contribution in [-0.2, 0) is 12.7 Å². The maximum atomic E-state index is 12.7. The summed E-state index contributed by atoms with van der Waals surface area (Å²) in [5, 5.41) is 8.90. The van der Waals surface area contributed by atoms with E-state index in [1.54, 1.807) is 24.1 Å². The van der Waals surface area contributed by atoms with Crippen LogP contribution in [0.3, 0.4) is 0 Å². The van der Waals surface area contributed by atoms with E-state index < -0.39 is 11.7 Å². The zero-order valence-electron chi connectivity index (χ0n) is 10.9. The highest BCUT2D eigenvalue weighted by atomic mass is 35.5. The molecule has 0 fully saturated rings. The molecule has 0 saturated heterocycles. The van der Waals surface area contributed by atoms with E-state index in [0.717, 1.165) is 10.9 Å². The summed E-state index contributed by atoms with van der Waals surface area (Å²) in [6.45, 7) is 0.508. The van der Waals surface area contributed by atoms with Crippen molar-refractivity contribution in [1.29, 1.82) is 5.26 Å². The Bertz CT molecular complexity index is 688. The van der Waals surface area contributed by atoms with Crippen LogP contribution in [0.5, 0.6) is 0 Å². The lowest BCUT2D eigenvalue weighted by Gasteiger charge is -2.20. The molecule has 0 radical (unpaired) electrons. The highest BCUT2D eigenvalue weighted by Gasteiger charge is 2.33. The average molecular weight is 331 g/mol. The van der Waals surface area contributed by atoms with Crippen LogP contribution in [-0.4, -0.2) is 7.05 Å². The van der Waals surface area contributed by atoms with Crippen LogP contribution in [0.15, 0.2) is 30.3 Å². The van der Waals surface area contributed by atoms with Gasteiger partial charge in [0.25, 0.3) is 0 Å². The van der Waals surface area contributed by atoms with E-state index >= 15 is 0 Å². The van der Waals surface area contributed by atoms with Crippen LogP contribution < -0.4 is 4.90 Å². The fourth-order valence-electron chi connectivity index (χ4n) is 1.87. The summed E-state index contributed by atoms with van der Waals surface area (Å²) in [6, 6.07) is 8.77. The Morgan fingerprint density at radius 1 is 1.29 bits per heavy atom. The first kappa shape index (κ1) is 15.7. The van der Waals surface area contributed by atoms with Gasteiger partial charge in [-0.15, -0.1) is 11.3 Å². The average Bonchev–Trinajstić information content (AvgIpc) is 2.82. The molecule has 0 unspecified atom stereocenters.